The van der Waals surface area contributed by atoms with Gasteiger partial charge in [0.05, 0.1) is 0 Å². The van der Waals surface area contributed by atoms with Crippen molar-refractivity contribution in [1.82, 2.24) is 4.98 Å². The maximum Gasteiger partial charge on any atom is 0.169 e. The lowest BCUT2D eigenvalue weighted by atomic mass is 10.0. The Labute approximate surface area is 112 Å². The van der Waals surface area contributed by atoms with Gasteiger partial charge in [-0.15, -0.1) is 0 Å². The van der Waals surface area contributed by atoms with Gasteiger partial charge in [-0.1, -0.05) is 27.7 Å². The molecule has 1 aromatic heterocycles. The van der Waals surface area contributed by atoms with Gasteiger partial charge in [-0.2, -0.15) is 0 Å². The molecule has 1 aromatic carbocycles. The van der Waals surface area contributed by atoms with E-state index in [0.29, 0.717) is 11.1 Å². The molecule has 2 aromatic rings. The highest BCUT2D eigenvalue weighted by Gasteiger charge is 2.68. The number of hydrogen-bond donors (Lipinski definition) is 1. The highest BCUT2D eigenvalue weighted by molar-refractivity contribution is 6.10. The number of nitrogens with one attached hydrogen (secondary N) is 1. The summed E-state index contributed by atoms with van der Waals surface area (Å²) >= 11 is 0. The van der Waals surface area contributed by atoms with Crippen LogP contribution in [0.25, 0.3) is 10.9 Å². The molecule has 1 N–H and O–H groups in total. The molecule has 19 heavy (non-hydrogen) atoms. The SMILES string of the molecule is CC1(C)C(C(=O)c2c[nH]c3cc(F)ccc23)C1(C)C. The molecule has 0 amide bonds. The lowest BCUT2D eigenvalue weighted by molar-refractivity contribution is 0.0947. The molecular formula is C16H18FNO. The maximum absolute atomic E-state index is 13.2. The van der Waals surface area contributed by atoms with Crippen molar-refractivity contribution in [2.45, 2.75) is 27.7 Å². The number of hydrogen-bond acceptors (Lipinski definition) is 1. The molecule has 2 nitrogen and oxygen atoms in total. The van der Waals surface area contributed by atoms with E-state index in [2.05, 4.69) is 32.7 Å². The number of benzene rings is 1. The highest BCUT2D eigenvalue weighted by atomic mass is 19.1. The number of aromatic amines is 1. The topological polar surface area (TPSA) is 32.9 Å². The number of fused-ring (bicyclic) bond motifs is 1. The standard InChI is InChI=1S/C16H18FNO/c1-15(2)14(16(15,3)4)13(19)11-8-18-12-7-9(17)5-6-10(11)12/h5-8,14,18H,1-4H3. The Balaban J connectivity index is 2.05. The van der Waals surface area contributed by atoms with Crippen LogP contribution in [0.3, 0.4) is 0 Å². The zero-order chi connectivity index (χ0) is 14.0. The van der Waals surface area contributed by atoms with Gasteiger partial charge < -0.3 is 4.98 Å². The average Bonchev–Trinajstić information content (AvgIpc) is 2.63. The fourth-order valence-corrected chi connectivity index (χ4v) is 3.31. The molecule has 3 heteroatoms. The molecule has 0 aliphatic heterocycles. The van der Waals surface area contributed by atoms with E-state index < -0.39 is 0 Å². The first kappa shape index (κ1) is 12.4. The molecule has 0 bridgehead atoms. The number of ketones is 1. The van der Waals surface area contributed by atoms with Crippen molar-refractivity contribution in [3.63, 3.8) is 0 Å². The molecule has 1 aliphatic carbocycles. The Morgan fingerprint density at radius 3 is 2.42 bits per heavy atom. The van der Waals surface area contributed by atoms with Crippen LogP contribution in [0.15, 0.2) is 24.4 Å². The first-order chi connectivity index (χ1) is 8.76. The number of rotatable bonds is 2. The van der Waals surface area contributed by atoms with E-state index in [1.807, 2.05) is 0 Å². The predicted octanol–water partition coefficient (Wildman–Crippen LogP) is 4.17. The number of carbonyl (C=O) groups is 1. The van der Waals surface area contributed by atoms with E-state index in [9.17, 15) is 9.18 Å². The lowest BCUT2D eigenvalue weighted by Crippen LogP contribution is -2.06. The summed E-state index contributed by atoms with van der Waals surface area (Å²) in [5.41, 5.74) is 1.40. The third-order valence-corrected chi connectivity index (χ3v) is 5.19. The van der Waals surface area contributed by atoms with E-state index in [1.165, 1.54) is 12.1 Å². The van der Waals surface area contributed by atoms with Crippen LogP contribution >= 0.6 is 0 Å². The van der Waals surface area contributed by atoms with Crippen LogP contribution in [-0.4, -0.2) is 10.8 Å². The molecule has 0 spiro atoms. The van der Waals surface area contributed by atoms with Gasteiger partial charge in [0.1, 0.15) is 5.82 Å². The molecule has 0 atom stereocenters. The average molecular weight is 259 g/mol. The number of Topliss-reactive ketones (excluding diaryl/α,β-unsaturated/α-hetero) is 1. The third-order valence-electron chi connectivity index (χ3n) is 5.19. The number of carbonyl (C=O) groups excluding carboxylic acids is 1. The Hall–Kier alpha value is -1.64. The lowest BCUT2D eigenvalue weighted by Gasteiger charge is -2.03. The van der Waals surface area contributed by atoms with Crippen LogP contribution in [0.1, 0.15) is 38.1 Å². The van der Waals surface area contributed by atoms with Crippen LogP contribution < -0.4 is 0 Å². The first-order valence-corrected chi connectivity index (χ1v) is 6.57. The van der Waals surface area contributed by atoms with Crippen LogP contribution in [0, 0.1) is 22.6 Å². The van der Waals surface area contributed by atoms with Crippen molar-refractivity contribution in [2.24, 2.45) is 16.7 Å². The molecule has 1 heterocycles. The van der Waals surface area contributed by atoms with Crippen LogP contribution in [0.5, 0.6) is 0 Å². The molecule has 1 fully saturated rings. The van der Waals surface area contributed by atoms with Gasteiger partial charge in [-0.3, -0.25) is 4.79 Å². The van der Waals surface area contributed by atoms with Gasteiger partial charge in [0, 0.05) is 28.6 Å². The van der Waals surface area contributed by atoms with E-state index >= 15 is 0 Å². The minimum atomic E-state index is -0.291. The predicted molar refractivity (Wildman–Crippen MR) is 73.6 cm³/mol. The second kappa shape index (κ2) is 3.47. The smallest absolute Gasteiger partial charge is 0.169 e. The number of aromatic nitrogens is 1. The molecule has 0 saturated heterocycles. The Morgan fingerprint density at radius 1 is 1.21 bits per heavy atom. The minimum Gasteiger partial charge on any atom is -0.360 e. The van der Waals surface area contributed by atoms with Crippen LogP contribution in [0.4, 0.5) is 4.39 Å². The van der Waals surface area contributed by atoms with Crippen molar-refractivity contribution in [3.8, 4) is 0 Å². The Bertz CT molecular complexity index is 667. The molecule has 1 aliphatic rings. The number of halogens is 1. The summed E-state index contributed by atoms with van der Waals surface area (Å²) in [6.45, 7) is 8.52. The third kappa shape index (κ3) is 1.50. The van der Waals surface area contributed by atoms with E-state index in [4.69, 9.17) is 0 Å². The second-order valence-electron chi connectivity index (χ2n) is 6.63. The van der Waals surface area contributed by atoms with Crippen LogP contribution in [-0.2, 0) is 0 Å². The van der Waals surface area contributed by atoms with Gasteiger partial charge >= 0.3 is 0 Å². The monoisotopic (exact) mass is 259 g/mol. The molecule has 0 radical (unpaired) electrons. The van der Waals surface area contributed by atoms with Crippen molar-refractivity contribution < 1.29 is 9.18 Å². The van der Waals surface area contributed by atoms with Crippen LogP contribution in [0.2, 0.25) is 0 Å². The zero-order valence-electron chi connectivity index (χ0n) is 11.7. The minimum absolute atomic E-state index is 0.0215. The summed E-state index contributed by atoms with van der Waals surface area (Å²) in [5.74, 6) is -0.0997. The van der Waals surface area contributed by atoms with E-state index in [1.54, 1.807) is 12.3 Å². The highest BCUT2D eigenvalue weighted by Crippen LogP contribution is 2.69. The summed E-state index contributed by atoms with van der Waals surface area (Å²) in [6.07, 6.45) is 1.71. The largest absolute Gasteiger partial charge is 0.360 e. The van der Waals surface area contributed by atoms with Gasteiger partial charge in [0.2, 0.25) is 0 Å². The Morgan fingerprint density at radius 2 is 1.84 bits per heavy atom. The van der Waals surface area contributed by atoms with Gasteiger partial charge in [0.15, 0.2) is 5.78 Å². The van der Waals surface area contributed by atoms with E-state index in [0.717, 1.165) is 5.39 Å². The van der Waals surface area contributed by atoms with Crippen molar-refractivity contribution in [2.75, 3.05) is 0 Å². The van der Waals surface area contributed by atoms with E-state index in [-0.39, 0.29) is 28.3 Å². The van der Waals surface area contributed by atoms with Gasteiger partial charge in [-0.25, -0.2) is 4.39 Å². The molecule has 100 valence electrons. The fraction of sp³-hybridized carbons (Fsp3) is 0.438. The summed E-state index contributed by atoms with van der Waals surface area (Å²) in [6, 6.07) is 4.50. The molecular weight excluding hydrogens is 241 g/mol. The van der Waals surface area contributed by atoms with Crippen molar-refractivity contribution in [3.05, 3.63) is 35.8 Å². The summed E-state index contributed by atoms with van der Waals surface area (Å²) < 4.78 is 13.2. The van der Waals surface area contributed by atoms with Gasteiger partial charge in [0.25, 0.3) is 0 Å². The first-order valence-electron chi connectivity index (χ1n) is 6.57. The zero-order valence-corrected chi connectivity index (χ0v) is 11.7. The quantitative estimate of drug-likeness (QED) is 0.807. The fourth-order valence-electron chi connectivity index (χ4n) is 3.31. The summed E-state index contributed by atoms with van der Waals surface area (Å²) in [5, 5.41) is 0.810. The normalized spacial score (nSPS) is 20.7. The maximum atomic E-state index is 13.2. The summed E-state index contributed by atoms with van der Waals surface area (Å²) in [4.78, 5) is 15.7. The number of H-pyrrole nitrogens is 1. The van der Waals surface area contributed by atoms with Crippen molar-refractivity contribution >= 4 is 16.7 Å². The molecule has 3 rings (SSSR count). The van der Waals surface area contributed by atoms with Crippen molar-refractivity contribution in [1.29, 1.82) is 0 Å². The molecule has 1 saturated carbocycles. The van der Waals surface area contributed by atoms with Gasteiger partial charge in [-0.05, 0) is 29.0 Å². The second-order valence-corrected chi connectivity index (χ2v) is 6.63. The Kier molecular flexibility index (Phi) is 2.26. The molecule has 0 unspecified atom stereocenters. The summed E-state index contributed by atoms with van der Waals surface area (Å²) in [7, 11) is 0.